The number of aromatic nitrogens is 1. The predicted molar refractivity (Wildman–Crippen MR) is 115 cm³/mol. The van der Waals surface area contributed by atoms with Gasteiger partial charge in [0.05, 0.1) is 6.04 Å². The van der Waals surface area contributed by atoms with Gasteiger partial charge in [-0.15, -0.1) is 37.2 Å². The topological polar surface area (TPSA) is 74.5 Å². The van der Waals surface area contributed by atoms with Crippen molar-refractivity contribution in [2.75, 3.05) is 38.1 Å². The Labute approximate surface area is 175 Å². The van der Waals surface area contributed by atoms with Crippen LogP contribution in [0.25, 0.3) is 0 Å². The van der Waals surface area contributed by atoms with Gasteiger partial charge in [-0.25, -0.2) is 4.98 Å². The molecule has 1 aliphatic heterocycles. The Balaban J connectivity index is 0. The Morgan fingerprint density at radius 2 is 1.81 bits per heavy atom. The first kappa shape index (κ1) is 27.4. The van der Waals surface area contributed by atoms with E-state index in [1.54, 1.807) is 6.20 Å². The number of rotatable bonds is 4. The Morgan fingerprint density at radius 1 is 1.23 bits per heavy atom. The lowest BCUT2D eigenvalue weighted by atomic mass is 9.87. The molecule has 0 saturated carbocycles. The molecule has 26 heavy (non-hydrogen) atoms. The monoisotopic (exact) mass is 427 g/mol. The number of halogens is 3. The summed E-state index contributed by atoms with van der Waals surface area (Å²) in [4.78, 5) is 21.3. The second kappa shape index (κ2) is 11.8. The number of carbonyl (C=O) groups excluding carboxylic acids is 1. The summed E-state index contributed by atoms with van der Waals surface area (Å²) in [6.07, 6.45) is 1.81. The van der Waals surface area contributed by atoms with Gasteiger partial charge in [0, 0.05) is 44.5 Å². The van der Waals surface area contributed by atoms with Gasteiger partial charge >= 0.3 is 0 Å². The molecule has 0 spiro atoms. The van der Waals surface area contributed by atoms with E-state index in [-0.39, 0.29) is 48.5 Å². The van der Waals surface area contributed by atoms with Crippen LogP contribution in [0.4, 0.5) is 5.82 Å². The average molecular weight is 429 g/mol. The molecule has 2 rings (SSSR count). The fraction of sp³-hybridized carbons (Fsp3) is 0.647. The highest BCUT2D eigenvalue weighted by atomic mass is 35.5. The van der Waals surface area contributed by atoms with E-state index >= 15 is 0 Å². The van der Waals surface area contributed by atoms with Crippen LogP contribution in [0.3, 0.4) is 0 Å². The third kappa shape index (κ3) is 7.45. The molecule has 1 aromatic rings. The molecule has 0 aliphatic carbocycles. The Morgan fingerprint density at radius 3 is 2.35 bits per heavy atom. The van der Waals surface area contributed by atoms with Crippen LogP contribution in [0.15, 0.2) is 18.3 Å². The van der Waals surface area contributed by atoms with Crippen molar-refractivity contribution in [1.29, 1.82) is 0 Å². The van der Waals surface area contributed by atoms with Gasteiger partial charge in [0.15, 0.2) is 0 Å². The number of nitrogens with zero attached hydrogens (tertiary/aromatic N) is 3. The van der Waals surface area contributed by atoms with Gasteiger partial charge in [-0.3, -0.25) is 4.79 Å². The van der Waals surface area contributed by atoms with E-state index in [0.29, 0.717) is 6.54 Å². The van der Waals surface area contributed by atoms with Crippen molar-refractivity contribution in [3.8, 4) is 0 Å². The summed E-state index contributed by atoms with van der Waals surface area (Å²) in [5, 5.41) is 2.95. The van der Waals surface area contributed by atoms with Crippen molar-refractivity contribution in [3.63, 3.8) is 0 Å². The van der Waals surface area contributed by atoms with Gasteiger partial charge in [0.2, 0.25) is 5.91 Å². The molecule has 1 fully saturated rings. The largest absolute Gasteiger partial charge is 0.354 e. The van der Waals surface area contributed by atoms with Crippen LogP contribution >= 0.6 is 37.2 Å². The average Bonchev–Trinajstić information content (AvgIpc) is 2.52. The van der Waals surface area contributed by atoms with Crippen LogP contribution in [-0.4, -0.2) is 55.1 Å². The van der Waals surface area contributed by atoms with E-state index in [4.69, 9.17) is 5.73 Å². The summed E-state index contributed by atoms with van der Waals surface area (Å²) in [6.45, 7) is 10.3. The lowest BCUT2D eigenvalue weighted by Gasteiger charge is -2.34. The highest BCUT2D eigenvalue weighted by molar-refractivity contribution is 5.86. The van der Waals surface area contributed by atoms with Crippen molar-refractivity contribution in [3.05, 3.63) is 23.9 Å². The number of pyridine rings is 1. The molecule has 2 heterocycles. The minimum Gasteiger partial charge on any atom is -0.354 e. The second-order valence-corrected chi connectivity index (χ2v) is 7.34. The first-order chi connectivity index (χ1) is 10.8. The van der Waals surface area contributed by atoms with E-state index in [9.17, 15) is 4.79 Å². The van der Waals surface area contributed by atoms with Crippen molar-refractivity contribution in [2.45, 2.75) is 33.4 Å². The lowest BCUT2D eigenvalue weighted by molar-refractivity contribution is -0.124. The van der Waals surface area contributed by atoms with E-state index in [1.165, 1.54) is 0 Å². The van der Waals surface area contributed by atoms with Gasteiger partial charge in [-0.2, -0.15) is 0 Å². The van der Waals surface area contributed by atoms with Crippen molar-refractivity contribution < 1.29 is 4.79 Å². The highest BCUT2D eigenvalue weighted by Gasteiger charge is 2.27. The smallest absolute Gasteiger partial charge is 0.237 e. The SMILES string of the molecule is CN1CCN(c2ncccc2CNC(=O)[C@@H](N)C(C)(C)C)CC1.Cl.Cl.Cl. The number of hydrogen-bond donors (Lipinski definition) is 2. The summed E-state index contributed by atoms with van der Waals surface area (Å²) in [6, 6.07) is 3.40. The quantitative estimate of drug-likeness (QED) is 0.768. The summed E-state index contributed by atoms with van der Waals surface area (Å²) in [7, 11) is 2.13. The van der Waals surface area contributed by atoms with E-state index < -0.39 is 6.04 Å². The number of anilines is 1. The van der Waals surface area contributed by atoms with Crippen LogP contribution in [-0.2, 0) is 11.3 Å². The van der Waals surface area contributed by atoms with E-state index in [2.05, 4.69) is 27.1 Å². The van der Waals surface area contributed by atoms with Crippen LogP contribution in [0.5, 0.6) is 0 Å². The van der Waals surface area contributed by atoms with Crippen LogP contribution in [0, 0.1) is 5.41 Å². The lowest BCUT2D eigenvalue weighted by Crippen LogP contribution is -2.48. The molecule has 0 radical (unpaired) electrons. The van der Waals surface area contributed by atoms with Gasteiger partial charge in [-0.05, 0) is 18.5 Å². The first-order valence-electron chi connectivity index (χ1n) is 8.19. The number of hydrogen-bond acceptors (Lipinski definition) is 5. The second-order valence-electron chi connectivity index (χ2n) is 7.34. The molecule has 0 bridgehead atoms. The molecule has 1 atom stereocenters. The maximum atomic E-state index is 12.2. The molecule has 6 nitrogen and oxygen atoms in total. The molecule has 3 N–H and O–H groups in total. The van der Waals surface area contributed by atoms with Crippen molar-refractivity contribution >= 4 is 48.9 Å². The molecule has 1 saturated heterocycles. The maximum absolute atomic E-state index is 12.2. The third-order valence-corrected chi connectivity index (χ3v) is 4.34. The zero-order chi connectivity index (χ0) is 17.0. The standard InChI is InChI=1S/C17H29N5O.3ClH/c1-17(2,3)14(18)16(23)20-12-13-6-5-7-19-15(13)22-10-8-21(4)9-11-22;;;/h5-7,14H,8-12,18H2,1-4H3,(H,20,23);3*1H/t14-;;;/m1.../s1. The van der Waals surface area contributed by atoms with Gasteiger partial charge in [-0.1, -0.05) is 26.8 Å². The highest BCUT2D eigenvalue weighted by Crippen LogP contribution is 2.20. The molecule has 9 heteroatoms. The minimum atomic E-state index is -0.522. The Hall–Kier alpha value is -0.790. The normalized spacial score (nSPS) is 15.8. The number of nitrogens with one attached hydrogen (secondary N) is 1. The van der Waals surface area contributed by atoms with E-state index in [1.807, 2.05) is 32.9 Å². The number of likely N-dealkylation sites (N-methyl/N-ethyl adjacent to an activating group) is 1. The molecular weight excluding hydrogens is 397 g/mol. The Kier molecular flexibility index (Phi) is 12.5. The zero-order valence-corrected chi connectivity index (χ0v) is 18.3. The first-order valence-corrected chi connectivity index (χ1v) is 8.19. The summed E-state index contributed by atoms with van der Waals surface area (Å²) < 4.78 is 0. The van der Waals surface area contributed by atoms with Gasteiger partial charge < -0.3 is 20.9 Å². The van der Waals surface area contributed by atoms with Crippen LogP contribution in [0.2, 0.25) is 0 Å². The number of nitrogens with two attached hydrogens (primary N) is 1. The minimum absolute atomic E-state index is 0. The molecule has 1 aromatic heterocycles. The fourth-order valence-electron chi connectivity index (χ4n) is 2.56. The molecule has 1 amide bonds. The van der Waals surface area contributed by atoms with Gasteiger partial charge in [0.25, 0.3) is 0 Å². The fourth-order valence-corrected chi connectivity index (χ4v) is 2.56. The predicted octanol–water partition coefficient (Wildman–Crippen LogP) is 2.09. The summed E-state index contributed by atoms with van der Waals surface area (Å²) in [5.41, 5.74) is 6.79. The maximum Gasteiger partial charge on any atom is 0.237 e. The Bertz CT molecular complexity index is 545. The molecule has 152 valence electrons. The van der Waals surface area contributed by atoms with Crippen molar-refractivity contribution in [2.24, 2.45) is 11.1 Å². The zero-order valence-electron chi connectivity index (χ0n) is 15.9. The third-order valence-electron chi connectivity index (χ3n) is 4.34. The van der Waals surface area contributed by atoms with E-state index in [0.717, 1.165) is 37.6 Å². The molecule has 1 aliphatic rings. The molecular formula is C17H32Cl3N5O. The number of amides is 1. The number of carbonyl (C=O) groups is 1. The van der Waals surface area contributed by atoms with Crippen molar-refractivity contribution in [1.82, 2.24) is 15.2 Å². The molecule has 0 aromatic carbocycles. The van der Waals surface area contributed by atoms with Gasteiger partial charge in [0.1, 0.15) is 5.82 Å². The summed E-state index contributed by atoms with van der Waals surface area (Å²) >= 11 is 0. The number of piperazine rings is 1. The van der Waals surface area contributed by atoms with Crippen LogP contribution < -0.4 is 16.0 Å². The summed E-state index contributed by atoms with van der Waals surface area (Å²) in [5.74, 6) is 0.843. The van der Waals surface area contributed by atoms with Crippen LogP contribution in [0.1, 0.15) is 26.3 Å². The molecule has 0 unspecified atom stereocenters.